The number of alkyl halides is 1. The Balaban J connectivity index is 2.04. The maximum Gasteiger partial charge on any atom is 0.251 e. The van der Waals surface area contributed by atoms with E-state index in [1.165, 1.54) is 19.3 Å². The van der Waals surface area contributed by atoms with E-state index >= 15 is 0 Å². The molecule has 110 valence electrons. The molecule has 0 fully saturated rings. The number of aryl methyl sites for hydroxylation is 1. The van der Waals surface area contributed by atoms with E-state index in [0.717, 1.165) is 48.9 Å². The number of carbonyl (C=O) groups excluding carboxylic acids is 1. The van der Waals surface area contributed by atoms with Crippen molar-refractivity contribution >= 4 is 17.5 Å². The van der Waals surface area contributed by atoms with Crippen molar-refractivity contribution in [2.45, 2.75) is 57.2 Å². The van der Waals surface area contributed by atoms with Gasteiger partial charge in [-0.15, -0.1) is 11.6 Å². The quantitative estimate of drug-likeness (QED) is 0.602. The van der Waals surface area contributed by atoms with Crippen LogP contribution in [-0.2, 0) is 6.42 Å². The number of rotatable bonds is 6. The van der Waals surface area contributed by atoms with Crippen molar-refractivity contribution < 1.29 is 4.79 Å². The highest BCUT2D eigenvalue weighted by atomic mass is 35.5. The summed E-state index contributed by atoms with van der Waals surface area (Å²) in [5, 5.41) is 2.97. The minimum Gasteiger partial charge on any atom is -0.352 e. The molecule has 2 rings (SSSR count). The molecular formula is C17H24ClNO. The lowest BCUT2D eigenvalue weighted by atomic mass is 9.97. The summed E-state index contributed by atoms with van der Waals surface area (Å²) in [4.78, 5) is 12.0. The normalized spacial score (nSPS) is 16.2. The van der Waals surface area contributed by atoms with Gasteiger partial charge in [-0.05, 0) is 36.5 Å². The van der Waals surface area contributed by atoms with Crippen LogP contribution in [0.3, 0.4) is 0 Å². The number of amides is 1. The topological polar surface area (TPSA) is 29.1 Å². The predicted octanol–water partition coefficient (Wildman–Crippen LogP) is 4.61. The van der Waals surface area contributed by atoms with Gasteiger partial charge in [-0.2, -0.15) is 0 Å². The Kier molecular flexibility index (Phi) is 5.90. The van der Waals surface area contributed by atoms with E-state index < -0.39 is 0 Å². The molecule has 1 atom stereocenters. The Morgan fingerprint density at radius 1 is 1.30 bits per heavy atom. The number of benzene rings is 1. The zero-order valence-electron chi connectivity index (χ0n) is 12.3. The van der Waals surface area contributed by atoms with Crippen molar-refractivity contribution in [3.8, 4) is 0 Å². The van der Waals surface area contributed by atoms with Crippen molar-refractivity contribution in [2.24, 2.45) is 0 Å². The van der Waals surface area contributed by atoms with Crippen LogP contribution in [0.2, 0.25) is 0 Å². The van der Waals surface area contributed by atoms with Gasteiger partial charge >= 0.3 is 0 Å². The van der Waals surface area contributed by atoms with Crippen LogP contribution >= 0.6 is 11.6 Å². The molecule has 2 nitrogen and oxygen atoms in total. The van der Waals surface area contributed by atoms with Gasteiger partial charge in [-0.3, -0.25) is 4.79 Å². The predicted molar refractivity (Wildman–Crippen MR) is 84.4 cm³/mol. The Labute approximate surface area is 126 Å². The lowest BCUT2D eigenvalue weighted by Crippen LogP contribution is -2.22. The Morgan fingerprint density at radius 3 is 2.95 bits per heavy atom. The molecule has 0 saturated carbocycles. The Hall–Kier alpha value is -1.02. The van der Waals surface area contributed by atoms with Crippen LogP contribution in [0.5, 0.6) is 0 Å². The molecule has 0 aliphatic carbocycles. The molecule has 1 heterocycles. The molecule has 0 spiro atoms. The monoisotopic (exact) mass is 293 g/mol. The van der Waals surface area contributed by atoms with Gasteiger partial charge in [-0.25, -0.2) is 0 Å². The van der Waals surface area contributed by atoms with Crippen molar-refractivity contribution in [2.75, 3.05) is 6.54 Å². The van der Waals surface area contributed by atoms with Gasteiger partial charge in [0, 0.05) is 12.1 Å². The molecular weight excluding hydrogens is 270 g/mol. The van der Waals surface area contributed by atoms with E-state index in [1.807, 2.05) is 6.07 Å². The fraction of sp³-hybridized carbons (Fsp3) is 0.588. The minimum absolute atomic E-state index is 0.0215. The summed E-state index contributed by atoms with van der Waals surface area (Å²) in [7, 11) is 0. The van der Waals surface area contributed by atoms with E-state index in [0.29, 0.717) is 0 Å². The van der Waals surface area contributed by atoms with Crippen LogP contribution in [0.15, 0.2) is 18.2 Å². The van der Waals surface area contributed by atoms with Crippen LogP contribution < -0.4 is 5.32 Å². The first-order valence-corrected chi connectivity index (χ1v) is 8.21. The SMILES string of the molecule is CCCCCCC(Cl)c1ccc2c(c1)C(=O)NCCC2. The fourth-order valence-corrected chi connectivity index (χ4v) is 3.00. The summed E-state index contributed by atoms with van der Waals surface area (Å²) in [6, 6.07) is 6.17. The van der Waals surface area contributed by atoms with E-state index in [4.69, 9.17) is 11.6 Å². The van der Waals surface area contributed by atoms with Gasteiger partial charge in [0.05, 0.1) is 5.38 Å². The lowest BCUT2D eigenvalue weighted by Gasteiger charge is -2.13. The smallest absolute Gasteiger partial charge is 0.251 e. The summed E-state index contributed by atoms with van der Waals surface area (Å²) in [6.07, 6.45) is 7.89. The van der Waals surface area contributed by atoms with E-state index in [9.17, 15) is 4.79 Å². The highest BCUT2D eigenvalue weighted by molar-refractivity contribution is 6.20. The Morgan fingerprint density at radius 2 is 2.15 bits per heavy atom. The van der Waals surface area contributed by atoms with Gasteiger partial charge in [0.15, 0.2) is 0 Å². The average Bonchev–Trinajstić information content (AvgIpc) is 2.65. The lowest BCUT2D eigenvalue weighted by molar-refractivity contribution is 0.0956. The van der Waals surface area contributed by atoms with E-state index in [1.54, 1.807) is 0 Å². The van der Waals surface area contributed by atoms with Gasteiger partial charge in [-0.1, -0.05) is 44.7 Å². The molecule has 1 aromatic rings. The van der Waals surface area contributed by atoms with E-state index in [2.05, 4.69) is 24.4 Å². The molecule has 20 heavy (non-hydrogen) atoms. The van der Waals surface area contributed by atoms with Gasteiger partial charge in [0.1, 0.15) is 0 Å². The number of carbonyl (C=O) groups is 1. The maximum atomic E-state index is 12.0. The van der Waals surface area contributed by atoms with Crippen LogP contribution in [-0.4, -0.2) is 12.5 Å². The van der Waals surface area contributed by atoms with Crippen molar-refractivity contribution in [1.29, 1.82) is 0 Å². The average molecular weight is 294 g/mol. The molecule has 1 aliphatic rings. The zero-order valence-corrected chi connectivity index (χ0v) is 13.0. The molecule has 0 aromatic heterocycles. The van der Waals surface area contributed by atoms with Crippen LogP contribution in [0.25, 0.3) is 0 Å². The first-order chi connectivity index (χ1) is 9.72. The van der Waals surface area contributed by atoms with Crippen molar-refractivity contribution in [3.05, 3.63) is 34.9 Å². The van der Waals surface area contributed by atoms with Gasteiger partial charge in [0.25, 0.3) is 5.91 Å². The number of fused-ring (bicyclic) bond motifs is 1. The maximum absolute atomic E-state index is 12.0. The summed E-state index contributed by atoms with van der Waals surface area (Å²) in [6.45, 7) is 2.98. The molecule has 0 bridgehead atoms. The first kappa shape index (κ1) is 15.4. The van der Waals surface area contributed by atoms with Crippen LogP contribution in [0.1, 0.15) is 72.3 Å². The molecule has 0 radical (unpaired) electrons. The fourth-order valence-electron chi connectivity index (χ4n) is 2.71. The zero-order chi connectivity index (χ0) is 14.4. The second-order valence-electron chi connectivity index (χ2n) is 5.59. The second-order valence-corrected chi connectivity index (χ2v) is 6.12. The summed E-state index contributed by atoms with van der Waals surface area (Å²) in [5.74, 6) is 0.0502. The molecule has 1 aliphatic heterocycles. The van der Waals surface area contributed by atoms with Crippen LogP contribution in [0.4, 0.5) is 0 Å². The number of nitrogens with one attached hydrogen (secondary N) is 1. The standard InChI is InChI=1S/C17H24ClNO/c1-2-3-4-5-8-16(18)14-10-9-13-7-6-11-19-17(20)15(13)12-14/h9-10,12,16H,2-8,11H2,1H3,(H,19,20). The molecule has 1 unspecified atom stereocenters. The summed E-state index contributed by atoms with van der Waals surface area (Å²) >= 11 is 6.48. The van der Waals surface area contributed by atoms with E-state index in [-0.39, 0.29) is 11.3 Å². The molecule has 0 saturated heterocycles. The molecule has 3 heteroatoms. The van der Waals surface area contributed by atoms with Crippen molar-refractivity contribution in [1.82, 2.24) is 5.32 Å². The van der Waals surface area contributed by atoms with Gasteiger partial charge in [0.2, 0.25) is 0 Å². The largest absolute Gasteiger partial charge is 0.352 e. The molecule has 1 aromatic carbocycles. The van der Waals surface area contributed by atoms with Crippen LogP contribution in [0, 0.1) is 0 Å². The highest BCUT2D eigenvalue weighted by Crippen LogP contribution is 2.29. The number of halogens is 1. The van der Waals surface area contributed by atoms with Gasteiger partial charge < -0.3 is 5.32 Å². The third-order valence-electron chi connectivity index (χ3n) is 3.96. The third kappa shape index (κ3) is 3.99. The minimum atomic E-state index is 0.0215. The molecule has 1 N–H and O–H groups in total. The van der Waals surface area contributed by atoms with Crippen molar-refractivity contribution in [3.63, 3.8) is 0 Å². The third-order valence-corrected chi connectivity index (χ3v) is 4.43. The highest BCUT2D eigenvalue weighted by Gasteiger charge is 2.17. The molecule has 1 amide bonds. The summed E-state index contributed by atoms with van der Waals surface area (Å²) in [5.41, 5.74) is 3.05. The Bertz CT molecular complexity index is 458. The first-order valence-electron chi connectivity index (χ1n) is 7.77. The second kappa shape index (κ2) is 7.68. The summed E-state index contributed by atoms with van der Waals surface area (Å²) < 4.78 is 0. The number of hydrogen-bond acceptors (Lipinski definition) is 1. The number of unbranched alkanes of at least 4 members (excludes halogenated alkanes) is 3. The number of hydrogen-bond donors (Lipinski definition) is 1.